The Labute approximate surface area is 307 Å². The first-order valence-electron chi connectivity index (χ1n) is 21.0. The first-order valence-corrected chi connectivity index (χ1v) is 22.5. The Morgan fingerprint density at radius 2 is 0.840 bits per heavy atom. The molecule has 8 nitrogen and oxygen atoms in total. The topological polar surface area (TPSA) is 119 Å². The lowest BCUT2D eigenvalue weighted by Gasteiger charge is -2.18. The number of hydrogen-bond acceptors (Lipinski definition) is 6. The van der Waals surface area contributed by atoms with Gasteiger partial charge in [-0.25, -0.2) is 4.57 Å². The van der Waals surface area contributed by atoms with Crippen LogP contribution in [0.2, 0.25) is 0 Å². The normalized spacial score (nSPS) is 12.5. The van der Waals surface area contributed by atoms with Gasteiger partial charge in [-0.2, -0.15) is 0 Å². The van der Waals surface area contributed by atoms with Crippen LogP contribution in [0.4, 0.5) is 0 Å². The van der Waals surface area contributed by atoms with Crippen molar-refractivity contribution in [1.82, 2.24) is 0 Å². The van der Waals surface area contributed by atoms with Crippen molar-refractivity contribution in [2.24, 2.45) is 0 Å². The summed E-state index contributed by atoms with van der Waals surface area (Å²) in [5, 5.41) is 0. The predicted octanol–water partition coefficient (Wildman–Crippen LogP) is 12.6. The van der Waals surface area contributed by atoms with Crippen molar-refractivity contribution >= 4 is 19.8 Å². The van der Waals surface area contributed by atoms with Crippen LogP contribution in [0.1, 0.15) is 219 Å². The SMILES string of the molecule is CCCCCCCC/C=C\CCCCCCCCCC(=O)OC[C@H](COP(=O)(O)O)OC(=O)CCCCCCCCCCCCCCCCC. The Balaban J connectivity index is 3.89. The monoisotopic (exact) mass is 731 g/mol. The van der Waals surface area contributed by atoms with Crippen molar-refractivity contribution in [3.05, 3.63) is 12.2 Å². The number of ether oxygens (including phenoxy) is 2. The number of hydrogen-bond donors (Lipinski definition) is 2. The number of carbonyl (C=O) groups is 2. The van der Waals surface area contributed by atoms with Crippen LogP contribution in [0.5, 0.6) is 0 Å². The summed E-state index contributed by atoms with van der Waals surface area (Å²) in [4.78, 5) is 42.8. The maximum Gasteiger partial charge on any atom is 0.469 e. The Hall–Kier alpha value is -1.21. The summed E-state index contributed by atoms with van der Waals surface area (Å²) in [5.74, 6) is -0.878. The van der Waals surface area contributed by atoms with E-state index in [9.17, 15) is 14.2 Å². The third-order valence-corrected chi connectivity index (χ3v) is 9.77. The molecule has 0 fully saturated rings. The molecule has 0 aliphatic heterocycles. The largest absolute Gasteiger partial charge is 0.469 e. The molecule has 0 saturated carbocycles. The van der Waals surface area contributed by atoms with Gasteiger partial charge in [0.25, 0.3) is 0 Å². The molecule has 0 rings (SSSR count). The number of carbonyl (C=O) groups excluding carboxylic acids is 2. The summed E-state index contributed by atoms with van der Waals surface area (Å²) in [6.45, 7) is 3.70. The average molecular weight is 731 g/mol. The van der Waals surface area contributed by atoms with E-state index >= 15 is 0 Å². The molecule has 0 spiro atoms. The maximum absolute atomic E-state index is 12.4. The second kappa shape index (κ2) is 37.5. The van der Waals surface area contributed by atoms with Gasteiger partial charge in [-0.05, 0) is 38.5 Å². The van der Waals surface area contributed by atoms with Crippen LogP contribution in [-0.2, 0) is 28.2 Å². The summed E-state index contributed by atoms with van der Waals surface area (Å²) in [7, 11) is -4.75. The summed E-state index contributed by atoms with van der Waals surface area (Å²) >= 11 is 0. The Morgan fingerprint density at radius 1 is 0.500 bits per heavy atom. The highest BCUT2D eigenvalue weighted by molar-refractivity contribution is 7.46. The van der Waals surface area contributed by atoms with Gasteiger partial charge in [0.2, 0.25) is 0 Å². The Kier molecular flexibility index (Phi) is 36.6. The first kappa shape index (κ1) is 48.8. The van der Waals surface area contributed by atoms with E-state index in [1.165, 1.54) is 135 Å². The number of allylic oxidation sites excluding steroid dienone is 2. The molecule has 50 heavy (non-hydrogen) atoms. The molecule has 0 saturated heterocycles. The zero-order valence-electron chi connectivity index (χ0n) is 32.6. The van der Waals surface area contributed by atoms with Gasteiger partial charge in [0.05, 0.1) is 6.61 Å². The third-order valence-electron chi connectivity index (χ3n) is 9.28. The molecule has 0 unspecified atom stereocenters. The lowest BCUT2D eigenvalue weighted by Crippen LogP contribution is -2.29. The van der Waals surface area contributed by atoms with E-state index in [1.54, 1.807) is 0 Å². The van der Waals surface area contributed by atoms with Crippen LogP contribution >= 0.6 is 7.82 Å². The second-order valence-electron chi connectivity index (χ2n) is 14.3. The molecule has 9 heteroatoms. The molecule has 1 atom stereocenters. The van der Waals surface area contributed by atoms with Gasteiger partial charge in [-0.1, -0.05) is 180 Å². The zero-order chi connectivity index (χ0) is 36.8. The third kappa shape index (κ3) is 39.6. The molecule has 0 radical (unpaired) electrons. The highest BCUT2D eigenvalue weighted by atomic mass is 31.2. The van der Waals surface area contributed by atoms with Gasteiger partial charge in [-0.15, -0.1) is 0 Å². The quantitative estimate of drug-likeness (QED) is 0.0278. The van der Waals surface area contributed by atoms with Gasteiger partial charge in [0.1, 0.15) is 6.61 Å². The van der Waals surface area contributed by atoms with E-state index in [0.717, 1.165) is 51.4 Å². The van der Waals surface area contributed by atoms with Crippen LogP contribution in [0.15, 0.2) is 12.2 Å². The predicted molar refractivity (Wildman–Crippen MR) is 207 cm³/mol. The summed E-state index contributed by atoms with van der Waals surface area (Å²) in [5.41, 5.74) is 0. The van der Waals surface area contributed by atoms with Crippen molar-refractivity contribution in [2.75, 3.05) is 13.2 Å². The van der Waals surface area contributed by atoms with Crippen molar-refractivity contribution in [3.8, 4) is 0 Å². The standard InChI is InChI=1S/C41H79O8P/c1-3-5-7-9-11-13-15-17-19-20-22-23-25-27-29-31-33-35-40(42)47-37-39(38-48-50(44,45)46)49-41(43)36-34-32-30-28-26-24-21-18-16-14-12-10-8-6-4-2/h17,19,39H,3-16,18,20-38H2,1-2H3,(H2,44,45,46)/b19-17-/t39-/m1/s1. The van der Waals surface area contributed by atoms with Crippen molar-refractivity contribution < 1.29 is 37.9 Å². The molecule has 0 heterocycles. The zero-order valence-corrected chi connectivity index (χ0v) is 33.5. The van der Waals surface area contributed by atoms with E-state index in [4.69, 9.17) is 19.3 Å². The number of unbranched alkanes of at least 4 members (excludes halogenated alkanes) is 27. The second-order valence-corrected chi connectivity index (χ2v) is 15.6. The van der Waals surface area contributed by atoms with E-state index in [2.05, 4.69) is 30.5 Å². The summed E-state index contributed by atoms with van der Waals surface area (Å²) in [6, 6.07) is 0. The molecule has 0 aliphatic carbocycles. The maximum atomic E-state index is 12.4. The van der Waals surface area contributed by atoms with Gasteiger partial charge >= 0.3 is 19.8 Å². The van der Waals surface area contributed by atoms with E-state index < -0.39 is 32.5 Å². The molecular weight excluding hydrogens is 651 g/mol. The fraction of sp³-hybridized carbons (Fsp3) is 0.902. The fourth-order valence-corrected chi connectivity index (χ4v) is 6.49. The Morgan fingerprint density at radius 3 is 1.22 bits per heavy atom. The van der Waals surface area contributed by atoms with Gasteiger partial charge < -0.3 is 19.3 Å². The van der Waals surface area contributed by atoms with Crippen molar-refractivity contribution in [1.29, 1.82) is 0 Å². The van der Waals surface area contributed by atoms with Crippen LogP contribution in [0, 0.1) is 0 Å². The van der Waals surface area contributed by atoms with E-state index in [0.29, 0.717) is 6.42 Å². The molecule has 0 bridgehead atoms. The van der Waals surface area contributed by atoms with E-state index in [-0.39, 0.29) is 19.4 Å². The number of rotatable bonds is 39. The highest BCUT2D eigenvalue weighted by Crippen LogP contribution is 2.36. The minimum Gasteiger partial charge on any atom is -0.462 e. The number of esters is 2. The smallest absolute Gasteiger partial charge is 0.462 e. The number of phosphoric ester groups is 1. The Bertz CT molecular complexity index is 827. The van der Waals surface area contributed by atoms with Gasteiger partial charge in [0.15, 0.2) is 6.10 Å². The molecule has 2 N–H and O–H groups in total. The molecule has 296 valence electrons. The lowest BCUT2D eigenvalue weighted by atomic mass is 10.0. The van der Waals surface area contributed by atoms with Gasteiger partial charge in [-0.3, -0.25) is 14.1 Å². The van der Waals surface area contributed by atoms with Crippen molar-refractivity contribution in [3.63, 3.8) is 0 Å². The molecule has 0 aromatic heterocycles. The highest BCUT2D eigenvalue weighted by Gasteiger charge is 2.22. The first-order chi connectivity index (χ1) is 24.3. The molecule has 0 aliphatic rings. The van der Waals surface area contributed by atoms with Crippen LogP contribution in [0.3, 0.4) is 0 Å². The lowest BCUT2D eigenvalue weighted by molar-refractivity contribution is -0.161. The number of phosphoric acid groups is 1. The van der Waals surface area contributed by atoms with Crippen LogP contribution in [-0.4, -0.2) is 41.0 Å². The van der Waals surface area contributed by atoms with E-state index in [1.807, 2.05) is 0 Å². The van der Waals surface area contributed by atoms with Crippen LogP contribution in [0.25, 0.3) is 0 Å². The fourth-order valence-electron chi connectivity index (χ4n) is 6.13. The molecule has 0 aromatic rings. The van der Waals surface area contributed by atoms with Crippen LogP contribution < -0.4 is 0 Å². The molecular formula is C41H79O8P. The van der Waals surface area contributed by atoms with Gasteiger partial charge in [0, 0.05) is 12.8 Å². The summed E-state index contributed by atoms with van der Waals surface area (Å²) < 4.78 is 26.4. The average Bonchev–Trinajstić information content (AvgIpc) is 3.08. The summed E-state index contributed by atoms with van der Waals surface area (Å²) in [6.07, 6.45) is 40.7. The molecule has 0 amide bonds. The van der Waals surface area contributed by atoms with Crippen molar-refractivity contribution in [2.45, 2.75) is 225 Å². The molecule has 0 aromatic carbocycles. The minimum atomic E-state index is -4.75. The minimum absolute atomic E-state index is 0.217.